The van der Waals surface area contributed by atoms with Crippen molar-refractivity contribution in [3.63, 3.8) is 0 Å². The Hall–Kier alpha value is -0.850. The molecule has 1 heteroatoms. The van der Waals surface area contributed by atoms with Crippen molar-refractivity contribution in [3.8, 4) is 0 Å². The van der Waals surface area contributed by atoms with E-state index in [0.29, 0.717) is 5.92 Å². The first-order valence-electron chi connectivity index (χ1n) is 7.20. The van der Waals surface area contributed by atoms with E-state index in [-0.39, 0.29) is 10.8 Å². The smallest absolute Gasteiger partial charge is 0.130 e. The predicted molar refractivity (Wildman–Crippen MR) is 82.2 cm³/mol. The maximum absolute atomic E-state index is 13.9. The SMILES string of the molecule is CC(C)C(C)(C)C(C)(C)c1ccc(C(C)(C)F)cc1. The zero-order valence-electron chi connectivity index (χ0n) is 13.8. The molecular formula is C18H29F. The van der Waals surface area contributed by atoms with Crippen LogP contribution in [0.5, 0.6) is 0 Å². The van der Waals surface area contributed by atoms with Crippen LogP contribution in [-0.2, 0) is 11.1 Å². The third kappa shape index (κ3) is 3.01. The molecule has 0 N–H and O–H groups in total. The van der Waals surface area contributed by atoms with Crippen molar-refractivity contribution in [3.05, 3.63) is 35.4 Å². The number of benzene rings is 1. The third-order valence-corrected chi connectivity index (χ3v) is 5.35. The summed E-state index contributed by atoms with van der Waals surface area (Å²) in [5.41, 5.74) is 0.990. The largest absolute Gasteiger partial charge is 0.239 e. The third-order valence-electron chi connectivity index (χ3n) is 5.35. The molecule has 0 aliphatic carbocycles. The minimum atomic E-state index is -1.27. The van der Waals surface area contributed by atoms with Crippen molar-refractivity contribution in [2.75, 3.05) is 0 Å². The molecular weight excluding hydrogens is 235 g/mol. The Balaban J connectivity index is 3.17. The van der Waals surface area contributed by atoms with Gasteiger partial charge in [-0.3, -0.25) is 0 Å². The molecule has 0 nitrogen and oxygen atoms in total. The average molecular weight is 264 g/mol. The minimum absolute atomic E-state index is 0.0557. The van der Waals surface area contributed by atoms with Gasteiger partial charge in [-0.2, -0.15) is 0 Å². The first kappa shape index (κ1) is 16.2. The topological polar surface area (TPSA) is 0 Å². The molecule has 0 heterocycles. The average Bonchev–Trinajstić information content (AvgIpc) is 2.27. The Morgan fingerprint density at radius 1 is 0.789 bits per heavy atom. The van der Waals surface area contributed by atoms with Crippen LogP contribution in [0.4, 0.5) is 4.39 Å². The molecule has 0 aromatic heterocycles. The predicted octanol–water partition coefficient (Wildman–Crippen LogP) is 5.85. The molecule has 0 aliphatic rings. The second-order valence-corrected chi connectivity index (χ2v) is 7.55. The van der Waals surface area contributed by atoms with Gasteiger partial charge in [0.25, 0.3) is 0 Å². The lowest BCUT2D eigenvalue weighted by molar-refractivity contribution is 0.125. The summed E-state index contributed by atoms with van der Waals surface area (Å²) in [6, 6.07) is 8.02. The van der Waals surface area contributed by atoms with E-state index in [0.717, 1.165) is 5.56 Å². The van der Waals surface area contributed by atoms with Crippen molar-refractivity contribution in [2.45, 2.75) is 66.5 Å². The molecule has 1 aromatic carbocycles. The molecule has 0 saturated carbocycles. The van der Waals surface area contributed by atoms with Crippen LogP contribution in [0.1, 0.15) is 66.5 Å². The molecule has 0 amide bonds. The molecule has 108 valence electrons. The zero-order chi connectivity index (χ0) is 15.1. The first-order chi connectivity index (χ1) is 8.40. The van der Waals surface area contributed by atoms with Crippen LogP contribution in [-0.4, -0.2) is 0 Å². The lowest BCUT2D eigenvalue weighted by Crippen LogP contribution is -2.40. The van der Waals surface area contributed by atoms with Crippen LogP contribution in [0.3, 0.4) is 0 Å². The molecule has 0 fully saturated rings. The summed E-state index contributed by atoms with van der Waals surface area (Å²) < 4.78 is 13.9. The highest BCUT2D eigenvalue weighted by atomic mass is 19.1. The van der Waals surface area contributed by atoms with Crippen molar-refractivity contribution in [2.24, 2.45) is 11.3 Å². The van der Waals surface area contributed by atoms with E-state index in [1.165, 1.54) is 5.56 Å². The van der Waals surface area contributed by atoms with Gasteiger partial charge < -0.3 is 0 Å². The van der Waals surface area contributed by atoms with E-state index in [1.54, 1.807) is 13.8 Å². The van der Waals surface area contributed by atoms with Gasteiger partial charge in [0.2, 0.25) is 0 Å². The number of alkyl halides is 1. The first-order valence-corrected chi connectivity index (χ1v) is 7.20. The Morgan fingerprint density at radius 3 is 1.47 bits per heavy atom. The van der Waals surface area contributed by atoms with Crippen LogP contribution in [0, 0.1) is 11.3 Å². The van der Waals surface area contributed by atoms with Crippen LogP contribution >= 0.6 is 0 Å². The summed E-state index contributed by atoms with van der Waals surface area (Å²) in [5, 5.41) is 0. The molecule has 0 bridgehead atoms. The molecule has 0 atom stereocenters. The van der Waals surface area contributed by atoms with Gasteiger partial charge in [0.1, 0.15) is 5.67 Å². The van der Waals surface area contributed by atoms with E-state index in [2.05, 4.69) is 53.7 Å². The van der Waals surface area contributed by atoms with E-state index in [4.69, 9.17) is 0 Å². The van der Waals surface area contributed by atoms with E-state index >= 15 is 0 Å². The zero-order valence-corrected chi connectivity index (χ0v) is 13.8. The van der Waals surface area contributed by atoms with Crippen molar-refractivity contribution < 1.29 is 4.39 Å². The van der Waals surface area contributed by atoms with Crippen LogP contribution in [0.25, 0.3) is 0 Å². The summed E-state index contributed by atoms with van der Waals surface area (Å²) in [5.74, 6) is 0.583. The Kier molecular flexibility index (Phi) is 4.20. The number of halogens is 1. The molecule has 1 aromatic rings. The van der Waals surface area contributed by atoms with Gasteiger partial charge >= 0.3 is 0 Å². The Morgan fingerprint density at radius 2 is 1.16 bits per heavy atom. The summed E-state index contributed by atoms with van der Waals surface area (Å²) in [7, 11) is 0. The van der Waals surface area contributed by atoms with Crippen LogP contribution < -0.4 is 0 Å². The summed E-state index contributed by atoms with van der Waals surface area (Å²) in [6.07, 6.45) is 0. The molecule has 0 spiro atoms. The van der Waals surface area contributed by atoms with Gasteiger partial charge in [0, 0.05) is 0 Å². The quantitative estimate of drug-likeness (QED) is 0.639. The van der Waals surface area contributed by atoms with Crippen LogP contribution in [0.2, 0.25) is 0 Å². The van der Waals surface area contributed by atoms with Gasteiger partial charge in [-0.1, -0.05) is 65.8 Å². The standard InChI is InChI=1S/C18H29F/c1-13(2)16(3,4)17(5,6)14-9-11-15(12-10-14)18(7,8)19/h9-13H,1-8H3. The van der Waals surface area contributed by atoms with Crippen molar-refractivity contribution in [1.82, 2.24) is 0 Å². The summed E-state index contributed by atoms with van der Waals surface area (Å²) >= 11 is 0. The fourth-order valence-electron chi connectivity index (χ4n) is 2.38. The lowest BCUT2D eigenvalue weighted by atomic mass is 9.59. The highest BCUT2D eigenvalue weighted by molar-refractivity contribution is 5.32. The van der Waals surface area contributed by atoms with E-state index in [1.807, 2.05) is 12.1 Å². The maximum Gasteiger partial charge on any atom is 0.130 e. The number of hydrogen-bond donors (Lipinski definition) is 0. The fraction of sp³-hybridized carbons (Fsp3) is 0.667. The van der Waals surface area contributed by atoms with Crippen molar-refractivity contribution >= 4 is 0 Å². The highest BCUT2D eigenvalue weighted by Gasteiger charge is 2.40. The maximum atomic E-state index is 13.9. The van der Waals surface area contributed by atoms with Gasteiger partial charge in [-0.05, 0) is 41.7 Å². The second-order valence-electron chi connectivity index (χ2n) is 7.55. The van der Waals surface area contributed by atoms with E-state index in [9.17, 15) is 4.39 Å². The highest BCUT2D eigenvalue weighted by Crippen LogP contribution is 2.46. The normalized spacial score (nSPS) is 14.0. The second kappa shape index (κ2) is 4.92. The number of rotatable bonds is 4. The minimum Gasteiger partial charge on any atom is -0.239 e. The number of hydrogen-bond acceptors (Lipinski definition) is 0. The van der Waals surface area contributed by atoms with Crippen LogP contribution in [0.15, 0.2) is 24.3 Å². The molecule has 1 rings (SSSR count). The summed E-state index contributed by atoms with van der Waals surface area (Å²) in [4.78, 5) is 0. The molecule has 19 heavy (non-hydrogen) atoms. The van der Waals surface area contributed by atoms with Gasteiger partial charge in [-0.15, -0.1) is 0 Å². The van der Waals surface area contributed by atoms with Gasteiger partial charge in [0.05, 0.1) is 0 Å². The Labute approximate surface area is 118 Å². The van der Waals surface area contributed by atoms with E-state index < -0.39 is 5.67 Å². The Bertz CT molecular complexity index is 416. The molecule has 0 aliphatic heterocycles. The van der Waals surface area contributed by atoms with Gasteiger partial charge in [-0.25, -0.2) is 4.39 Å². The fourth-order valence-corrected chi connectivity index (χ4v) is 2.38. The monoisotopic (exact) mass is 264 g/mol. The summed E-state index contributed by atoms with van der Waals surface area (Å²) in [6.45, 7) is 16.9. The molecule has 0 saturated heterocycles. The molecule has 0 unspecified atom stereocenters. The van der Waals surface area contributed by atoms with Crippen molar-refractivity contribution in [1.29, 1.82) is 0 Å². The lowest BCUT2D eigenvalue weighted by Gasteiger charge is -2.45. The molecule has 0 radical (unpaired) electrons. The van der Waals surface area contributed by atoms with Gasteiger partial charge in [0.15, 0.2) is 0 Å².